The van der Waals surface area contributed by atoms with E-state index >= 15 is 0 Å². The molecule has 1 aromatic heterocycles. The minimum Gasteiger partial charge on any atom is -0.280 e. The molecular weight excluding hydrogens is 410 g/mol. The lowest BCUT2D eigenvalue weighted by Gasteiger charge is -2.11. The first-order valence-electron chi connectivity index (χ1n) is 5.72. The van der Waals surface area contributed by atoms with Crippen molar-refractivity contribution in [3.63, 3.8) is 0 Å². The summed E-state index contributed by atoms with van der Waals surface area (Å²) in [5, 5.41) is 6.72. The second kappa shape index (κ2) is 5.50. The fraction of sp³-hybridized carbons (Fsp3) is 0.250. The summed E-state index contributed by atoms with van der Waals surface area (Å²) in [7, 11) is -3.69. The van der Waals surface area contributed by atoms with Crippen molar-refractivity contribution in [1.82, 2.24) is 10.2 Å². The third-order valence-corrected chi connectivity index (χ3v) is 6.03. The van der Waals surface area contributed by atoms with Gasteiger partial charge in [-0.3, -0.25) is 9.82 Å². The molecule has 0 saturated heterocycles. The lowest BCUT2D eigenvalue weighted by Crippen LogP contribution is -2.14. The molecule has 2 N–H and O–H groups in total. The SMILES string of the molecule is Cc1cc(Br)c(S(=O)(=O)Nc2c(C)n[nH]c2C)cc1Br. The van der Waals surface area contributed by atoms with Crippen molar-refractivity contribution >= 4 is 47.6 Å². The van der Waals surface area contributed by atoms with Crippen LogP contribution in [0.2, 0.25) is 0 Å². The minimum absolute atomic E-state index is 0.176. The van der Waals surface area contributed by atoms with E-state index in [9.17, 15) is 8.42 Å². The summed E-state index contributed by atoms with van der Waals surface area (Å²) in [6.45, 7) is 5.39. The third-order valence-electron chi connectivity index (χ3n) is 2.87. The Morgan fingerprint density at radius 2 is 1.80 bits per heavy atom. The monoisotopic (exact) mass is 421 g/mol. The van der Waals surface area contributed by atoms with Crippen molar-refractivity contribution in [2.45, 2.75) is 25.7 Å². The molecule has 1 aromatic carbocycles. The molecule has 0 aliphatic carbocycles. The Labute approximate surface area is 134 Å². The highest BCUT2D eigenvalue weighted by Gasteiger charge is 2.21. The van der Waals surface area contributed by atoms with E-state index in [-0.39, 0.29) is 4.90 Å². The van der Waals surface area contributed by atoms with Gasteiger partial charge >= 0.3 is 0 Å². The maximum Gasteiger partial charge on any atom is 0.263 e. The zero-order chi connectivity index (χ0) is 15.1. The van der Waals surface area contributed by atoms with Gasteiger partial charge in [0.15, 0.2) is 0 Å². The molecule has 2 rings (SSSR count). The van der Waals surface area contributed by atoms with Gasteiger partial charge in [-0.1, -0.05) is 15.9 Å². The van der Waals surface area contributed by atoms with Crippen LogP contribution in [0.5, 0.6) is 0 Å². The van der Waals surface area contributed by atoms with Crippen molar-refractivity contribution in [1.29, 1.82) is 0 Å². The molecule has 1 heterocycles. The fourth-order valence-electron chi connectivity index (χ4n) is 1.72. The Morgan fingerprint density at radius 3 is 2.35 bits per heavy atom. The third kappa shape index (κ3) is 2.91. The Bertz CT molecular complexity index is 750. The Balaban J connectivity index is 2.49. The second-order valence-electron chi connectivity index (χ2n) is 4.45. The number of aryl methyl sites for hydroxylation is 3. The van der Waals surface area contributed by atoms with E-state index in [1.807, 2.05) is 6.92 Å². The van der Waals surface area contributed by atoms with Crippen LogP contribution in [-0.4, -0.2) is 18.6 Å². The van der Waals surface area contributed by atoms with Crippen LogP contribution in [0, 0.1) is 20.8 Å². The summed E-state index contributed by atoms with van der Waals surface area (Å²) in [5.41, 5.74) is 2.71. The van der Waals surface area contributed by atoms with Gasteiger partial charge in [0.05, 0.1) is 17.1 Å². The number of hydrogen-bond acceptors (Lipinski definition) is 3. The van der Waals surface area contributed by atoms with Crippen molar-refractivity contribution < 1.29 is 8.42 Å². The van der Waals surface area contributed by atoms with Gasteiger partial charge in [-0.05, 0) is 54.4 Å². The molecule has 0 aliphatic heterocycles. The van der Waals surface area contributed by atoms with Crippen LogP contribution in [0.15, 0.2) is 26.0 Å². The average molecular weight is 423 g/mol. The molecular formula is C12H13Br2N3O2S. The van der Waals surface area contributed by atoms with Crippen LogP contribution >= 0.6 is 31.9 Å². The molecule has 8 heteroatoms. The quantitative estimate of drug-likeness (QED) is 0.792. The van der Waals surface area contributed by atoms with Crippen molar-refractivity contribution in [3.8, 4) is 0 Å². The number of hydrogen-bond donors (Lipinski definition) is 2. The van der Waals surface area contributed by atoms with E-state index in [1.165, 1.54) is 0 Å². The number of nitrogens with one attached hydrogen (secondary N) is 2. The Morgan fingerprint density at radius 1 is 1.15 bits per heavy atom. The lowest BCUT2D eigenvalue weighted by molar-refractivity contribution is 0.600. The summed E-state index contributed by atoms with van der Waals surface area (Å²) >= 11 is 6.64. The molecule has 0 aliphatic rings. The second-order valence-corrected chi connectivity index (χ2v) is 7.81. The molecule has 0 saturated carbocycles. The summed E-state index contributed by atoms with van der Waals surface area (Å²) in [6, 6.07) is 3.33. The first-order valence-corrected chi connectivity index (χ1v) is 8.79. The zero-order valence-electron chi connectivity index (χ0n) is 11.1. The number of aromatic amines is 1. The molecule has 0 amide bonds. The van der Waals surface area contributed by atoms with E-state index in [4.69, 9.17) is 0 Å². The van der Waals surface area contributed by atoms with Gasteiger partial charge in [-0.2, -0.15) is 5.10 Å². The van der Waals surface area contributed by atoms with E-state index in [0.29, 0.717) is 21.5 Å². The van der Waals surface area contributed by atoms with Gasteiger partial charge in [-0.25, -0.2) is 8.42 Å². The highest BCUT2D eigenvalue weighted by Crippen LogP contribution is 2.30. The topological polar surface area (TPSA) is 74.8 Å². The summed E-state index contributed by atoms with van der Waals surface area (Å²) in [4.78, 5) is 0.176. The summed E-state index contributed by atoms with van der Waals surface area (Å²) < 4.78 is 28.8. The molecule has 0 unspecified atom stereocenters. The van der Waals surface area contributed by atoms with Gasteiger partial charge in [0, 0.05) is 8.95 Å². The van der Waals surface area contributed by atoms with E-state index in [1.54, 1.807) is 26.0 Å². The Kier molecular flexibility index (Phi) is 4.27. The highest BCUT2D eigenvalue weighted by atomic mass is 79.9. The number of benzene rings is 1. The average Bonchev–Trinajstić information content (AvgIpc) is 2.65. The number of sulfonamides is 1. The highest BCUT2D eigenvalue weighted by molar-refractivity contribution is 9.11. The van der Waals surface area contributed by atoms with E-state index in [2.05, 4.69) is 46.8 Å². The van der Waals surface area contributed by atoms with Crippen LogP contribution in [0.4, 0.5) is 5.69 Å². The minimum atomic E-state index is -3.69. The lowest BCUT2D eigenvalue weighted by atomic mass is 10.2. The molecule has 108 valence electrons. The fourth-order valence-corrected chi connectivity index (χ4v) is 4.58. The normalized spacial score (nSPS) is 11.7. The van der Waals surface area contributed by atoms with Gasteiger partial charge in [0.1, 0.15) is 4.90 Å². The van der Waals surface area contributed by atoms with Gasteiger partial charge in [0.2, 0.25) is 0 Å². The Hall–Kier alpha value is -0.860. The molecule has 0 bridgehead atoms. The largest absolute Gasteiger partial charge is 0.280 e. The number of rotatable bonds is 3. The predicted octanol–water partition coefficient (Wildman–Crippen LogP) is 3.66. The molecule has 20 heavy (non-hydrogen) atoms. The van der Waals surface area contributed by atoms with Crippen LogP contribution in [0.25, 0.3) is 0 Å². The van der Waals surface area contributed by atoms with Gasteiger partial charge < -0.3 is 0 Å². The maximum absolute atomic E-state index is 12.5. The maximum atomic E-state index is 12.5. The van der Waals surface area contributed by atoms with Crippen molar-refractivity contribution in [2.75, 3.05) is 4.72 Å². The summed E-state index contributed by atoms with van der Waals surface area (Å²) in [6.07, 6.45) is 0. The number of H-pyrrole nitrogens is 1. The van der Waals surface area contributed by atoms with Crippen molar-refractivity contribution in [2.24, 2.45) is 0 Å². The van der Waals surface area contributed by atoms with Crippen molar-refractivity contribution in [3.05, 3.63) is 38.0 Å². The predicted molar refractivity (Wildman–Crippen MR) is 85.4 cm³/mol. The zero-order valence-corrected chi connectivity index (χ0v) is 15.1. The molecule has 0 radical (unpaired) electrons. The standard InChI is InChI=1S/C12H13Br2N3O2S/c1-6-4-10(14)11(5-9(6)13)20(18,19)17-12-7(2)15-16-8(12)3/h4-5,17H,1-3H3,(H,15,16). The van der Waals surface area contributed by atoms with E-state index < -0.39 is 10.0 Å². The van der Waals surface area contributed by atoms with Crippen LogP contribution in [-0.2, 0) is 10.0 Å². The van der Waals surface area contributed by atoms with Crippen LogP contribution in [0.1, 0.15) is 17.0 Å². The number of nitrogens with zero attached hydrogens (tertiary/aromatic N) is 1. The first-order chi connectivity index (χ1) is 9.22. The van der Waals surface area contributed by atoms with E-state index in [0.717, 1.165) is 10.0 Å². The molecule has 0 spiro atoms. The summed E-state index contributed by atoms with van der Waals surface area (Å²) in [5.74, 6) is 0. The van der Waals surface area contributed by atoms with Crippen LogP contribution in [0.3, 0.4) is 0 Å². The number of aromatic nitrogens is 2. The molecule has 0 fully saturated rings. The number of anilines is 1. The molecule has 0 atom stereocenters. The van der Waals surface area contributed by atoms with Gasteiger partial charge in [-0.15, -0.1) is 0 Å². The van der Waals surface area contributed by atoms with Gasteiger partial charge in [0.25, 0.3) is 10.0 Å². The first kappa shape index (κ1) is 15.5. The van der Waals surface area contributed by atoms with Crippen LogP contribution < -0.4 is 4.72 Å². The number of halogens is 2. The molecule has 5 nitrogen and oxygen atoms in total. The smallest absolute Gasteiger partial charge is 0.263 e. The molecule has 2 aromatic rings.